The summed E-state index contributed by atoms with van der Waals surface area (Å²) in [6.45, 7) is 5.39. The average molecular weight is 291 g/mol. The second-order valence-corrected chi connectivity index (χ2v) is 6.04. The normalized spacial score (nSPS) is 19.2. The van der Waals surface area contributed by atoms with Crippen LogP contribution in [0.15, 0.2) is 33.7 Å². The minimum absolute atomic E-state index is 0.279. The third-order valence-electron chi connectivity index (χ3n) is 3.97. The van der Waals surface area contributed by atoms with Gasteiger partial charge in [0, 0.05) is 18.0 Å². The maximum Gasteiger partial charge on any atom is 0.122 e. The van der Waals surface area contributed by atoms with Crippen molar-refractivity contribution in [1.29, 1.82) is 0 Å². The molecule has 2 atom stereocenters. The zero-order valence-electron chi connectivity index (χ0n) is 11.8. The van der Waals surface area contributed by atoms with E-state index in [1.54, 1.807) is 17.6 Å². The smallest absolute Gasteiger partial charge is 0.122 e. The van der Waals surface area contributed by atoms with Crippen LogP contribution in [0, 0.1) is 0 Å². The van der Waals surface area contributed by atoms with Gasteiger partial charge in [0.1, 0.15) is 5.76 Å². The van der Waals surface area contributed by atoms with Crippen LogP contribution in [0.1, 0.15) is 43.3 Å². The van der Waals surface area contributed by atoms with Gasteiger partial charge >= 0.3 is 0 Å². The fourth-order valence-corrected chi connectivity index (χ4v) is 3.42. The van der Waals surface area contributed by atoms with E-state index >= 15 is 0 Å². The van der Waals surface area contributed by atoms with Gasteiger partial charge in [-0.3, -0.25) is 4.90 Å². The van der Waals surface area contributed by atoms with Crippen molar-refractivity contribution >= 4 is 11.3 Å². The predicted octanol–water partition coefficient (Wildman–Crippen LogP) is 3.22. The van der Waals surface area contributed by atoms with Crippen LogP contribution in [0.25, 0.3) is 0 Å². The largest absolute Gasteiger partial charge is 0.468 e. The molecule has 1 saturated heterocycles. The van der Waals surface area contributed by atoms with Gasteiger partial charge < -0.3 is 9.73 Å². The minimum Gasteiger partial charge on any atom is -0.468 e. The summed E-state index contributed by atoms with van der Waals surface area (Å²) in [6, 6.07) is 4.66. The van der Waals surface area contributed by atoms with Crippen molar-refractivity contribution in [2.24, 2.45) is 0 Å². The second kappa shape index (κ2) is 6.52. The van der Waals surface area contributed by atoms with Gasteiger partial charge in [0.25, 0.3) is 0 Å². The molecule has 1 aliphatic rings. The molecule has 0 spiro atoms. The number of thiazole rings is 1. The van der Waals surface area contributed by atoms with Crippen LogP contribution >= 0.6 is 11.3 Å². The van der Waals surface area contributed by atoms with Gasteiger partial charge in [-0.25, -0.2) is 4.98 Å². The maximum atomic E-state index is 5.64. The molecule has 1 aliphatic heterocycles. The Bertz CT molecular complexity index is 491. The Hall–Kier alpha value is -1.17. The summed E-state index contributed by atoms with van der Waals surface area (Å²) >= 11 is 1.65. The van der Waals surface area contributed by atoms with Gasteiger partial charge in [-0.1, -0.05) is 0 Å². The van der Waals surface area contributed by atoms with Crippen LogP contribution in [0.2, 0.25) is 0 Å². The van der Waals surface area contributed by atoms with E-state index in [0.717, 1.165) is 31.1 Å². The van der Waals surface area contributed by atoms with E-state index in [1.165, 1.54) is 12.8 Å². The lowest BCUT2D eigenvalue weighted by Gasteiger charge is -2.27. The minimum atomic E-state index is 0.279. The first-order valence-corrected chi connectivity index (χ1v) is 8.18. The molecule has 0 amide bonds. The quantitative estimate of drug-likeness (QED) is 0.887. The van der Waals surface area contributed by atoms with Gasteiger partial charge in [0.15, 0.2) is 0 Å². The standard InChI is InChI=1S/C15H21N3OS/c1-12(13-10-20-11-17-13)16-9-14(15-5-4-8-19-15)18-6-2-3-7-18/h4-5,8,10-12,14,16H,2-3,6-7,9H2,1H3. The van der Waals surface area contributed by atoms with Crippen molar-refractivity contribution in [3.05, 3.63) is 40.7 Å². The number of hydrogen-bond donors (Lipinski definition) is 1. The van der Waals surface area contributed by atoms with Gasteiger partial charge in [0.05, 0.1) is 23.5 Å². The van der Waals surface area contributed by atoms with E-state index in [-0.39, 0.29) is 6.04 Å². The van der Waals surface area contributed by atoms with E-state index in [2.05, 4.69) is 33.6 Å². The molecule has 1 N–H and O–H groups in total. The Morgan fingerprint density at radius 2 is 2.30 bits per heavy atom. The molecule has 3 rings (SSSR count). The number of rotatable bonds is 6. The molecule has 4 nitrogen and oxygen atoms in total. The van der Waals surface area contributed by atoms with E-state index in [1.807, 2.05) is 11.6 Å². The highest BCUT2D eigenvalue weighted by molar-refractivity contribution is 7.07. The Morgan fingerprint density at radius 1 is 1.45 bits per heavy atom. The summed E-state index contributed by atoms with van der Waals surface area (Å²) in [5, 5.41) is 5.70. The number of likely N-dealkylation sites (tertiary alicyclic amines) is 1. The lowest BCUT2D eigenvalue weighted by atomic mass is 10.1. The Morgan fingerprint density at radius 3 is 2.95 bits per heavy atom. The summed E-state index contributed by atoms with van der Waals surface area (Å²) in [5.74, 6) is 1.06. The fourth-order valence-electron chi connectivity index (χ4n) is 2.77. The Labute approximate surface area is 123 Å². The fraction of sp³-hybridized carbons (Fsp3) is 0.533. The molecule has 108 valence electrons. The van der Waals surface area contributed by atoms with E-state index in [4.69, 9.17) is 4.42 Å². The zero-order valence-corrected chi connectivity index (χ0v) is 12.6. The monoisotopic (exact) mass is 291 g/mol. The highest BCUT2D eigenvalue weighted by Gasteiger charge is 2.25. The van der Waals surface area contributed by atoms with Crippen LogP contribution in [-0.2, 0) is 0 Å². The van der Waals surface area contributed by atoms with Crippen molar-refractivity contribution in [1.82, 2.24) is 15.2 Å². The number of hydrogen-bond acceptors (Lipinski definition) is 5. The van der Waals surface area contributed by atoms with E-state index < -0.39 is 0 Å². The van der Waals surface area contributed by atoms with Gasteiger partial charge in [-0.2, -0.15) is 0 Å². The molecular formula is C15H21N3OS. The molecule has 3 heterocycles. The summed E-state index contributed by atoms with van der Waals surface area (Å²) in [4.78, 5) is 6.89. The summed E-state index contributed by atoms with van der Waals surface area (Å²) < 4.78 is 5.64. The molecule has 2 aromatic rings. The third-order valence-corrected chi connectivity index (χ3v) is 4.57. The van der Waals surface area contributed by atoms with Crippen LogP contribution in [0.3, 0.4) is 0 Å². The molecule has 1 fully saturated rings. The van der Waals surface area contributed by atoms with Crippen LogP contribution in [-0.4, -0.2) is 29.5 Å². The Balaban J connectivity index is 1.64. The number of furan rings is 1. The number of aromatic nitrogens is 1. The van der Waals surface area contributed by atoms with Crippen LogP contribution in [0.5, 0.6) is 0 Å². The molecule has 0 aromatic carbocycles. The topological polar surface area (TPSA) is 41.3 Å². The predicted molar refractivity (Wildman–Crippen MR) is 80.8 cm³/mol. The lowest BCUT2D eigenvalue weighted by Crippen LogP contribution is -2.35. The van der Waals surface area contributed by atoms with Gasteiger partial charge in [-0.05, 0) is 45.0 Å². The Kier molecular flexibility index (Phi) is 4.50. The molecule has 2 unspecified atom stereocenters. The van der Waals surface area contributed by atoms with Crippen LogP contribution < -0.4 is 5.32 Å². The van der Waals surface area contributed by atoms with Gasteiger partial charge in [-0.15, -0.1) is 11.3 Å². The van der Waals surface area contributed by atoms with Crippen molar-refractivity contribution < 1.29 is 4.42 Å². The molecule has 2 aromatic heterocycles. The highest BCUT2D eigenvalue weighted by atomic mass is 32.1. The van der Waals surface area contributed by atoms with Crippen molar-refractivity contribution in [2.75, 3.05) is 19.6 Å². The lowest BCUT2D eigenvalue weighted by molar-refractivity contribution is 0.205. The van der Waals surface area contributed by atoms with Crippen molar-refractivity contribution in [2.45, 2.75) is 31.8 Å². The summed E-state index contributed by atoms with van der Waals surface area (Å²) in [6.07, 6.45) is 4.35. The number of nitrogens with one attached hydrogen (secondary N) is 1. The molecular weight excluding hydrogens is 270 g/mol. The first-order valence-electron chi connectivity index (χ1n) is 7.23. The van der Waals surface area contributed by atoms with Crippen LogP contribution in [0.4, 0.5) is 0 Å². The average Bonchev–Trinajstić information content (AvgIpc) is 3.22. The summed E-state index contributed by atoms with van der Waals surface area (Å²) in [5.41, 5.74) is 3.01. The molecule has 0 saturated carbocycles. The van der Waals surface area contributed by atoms with Gasteiger partial charge in [0.2, 0.25) is 0 Å². The van der Waals surface area contributed by atoms with E-state index in [0.29, 0.717) is 6.04 Å². The first-order chi connectivity index (χ1) is 9.84. The maximum absolute atomic E-state index is 5.64. The second-order valence-electron chi connectivity index (χ2n) is 5.32. The third kappa shape index (κ3) is 3.11. The molecule has 0 radical (unpaired) electrons. The zero-order chi connectivity index (χ0) is 13.8. The van der Waals surface area contributed by atoms with E-state index in [9.17, 15) is 0 Å². The molecule has 5 heteroatoms. The van der Waals surface area contributed by atoms with Crippen molar-refractivity contribution in [3.8, 4) is 0 Å². The molecule has 0 bridgehead atoms. The SMILES string of the molecule is CC(NCC(c1ccco1)N1CCCC1)c1cscn1. The first kappa shape index (κ1) is 13.8. The van der Waals surface area contributed by atoms with Crippen molar-refractivity contribution in [3.63, 3.8) is 0 Å². The molecule has 20 heavy (non-hydrogen) atoms. The molecule has 0 aliphatic carbocycles. The highest BCUT2D eigenvalue weighted by Crippen LogP contribution is 2.25. The number of nitrogens with zero attached hydrogens (tertiary/aromatic N) is 2. The summed E-state index contributed by atoms with van der Waals surface area (Å²) in [7, 11) is 0.